The number of halogens is 1. The number of benzene rings is 1. The second-order valence-electron chi connectivity index (χ2n) is 9.13. The number of rotatable bonds is 6. The van der Waals surface area contributed by atoms with Gasteiger partial charge in [0.25, 0.3) is 0 Å². The summed E-state index contributed by atoms with van der Waals surface area (Å²) in [6, 6.07) is 10.2. The molecular weight excluding hydrogens is 388 g/mol. The predicted octanol–water partition coefficient (Wildman–Crippen LogP) is 5.07. The zero-order chi connectivity index (χ0) is 21.0. The molecule has 0 spiro atoms. The summed E-state index contributed by atoms with van der Waals surface area (Å²) in [6.45, 7) is 7.03. The van der Waals surface area contributed by atoms with Crippen LogP contribution in [-0.2, 0) is 9.53 Å². The first-order chi connectivity index (χ1) is 13.8. The van der Waals surface area contributed by atoms with Crippen LogP contribution in [0.2, 0.25) is 0 Å². The molecule has 2 atom stereocenters. The lowest BCUT2D eigenvalue weighted by molar-refractivity contribution is -0.132. The number of anilines is 1. The molecule has 1 aromatic rings. The Morgan fingerprint density at radius 3 is 2.38 bits per heavy atom. The molecule has 29 heavy (non-hydrogen) atoms. The summed E-state index contributed by atoms with van der Waals surface area (Å²) in [5, 5.41) is 0. The van der Waals surface area contributed by atoms with E-state index in [2.05, 4.69) is 0 Å². The fraction of sp³-hybridized carbons (Fsp3) is 0.652. The Bertz CT molecular complexity index is 696. The third kappa shape index (κ3) is 5.25. The fourth-order valence-electron chi connectivity index (χ4n) is 4.50. The number of carbonyl (C=O) groups is 2. The minimum atomic E-state index is -0.480. The molecule has 2 aliphatic rings. The third-order valence-corrected chi connectivity index (χ3v) is 6.14. The molecule has 0 aliphatic carbocycles. The average Bonchev–Trinajstić information content (AvgIpc) is 2.68. The summed E-state index contributed by atoms with van der Waals surface area (Å²) in [6.07, 6.45) is 4.38. The number of β-lactam (4-membered cyclic amide) rings is 1. The van der Waals surface area contributed by atoms with Crippen LogP contribution < -0.4 is 4.90 Å². The molecule has 5 nitrogen and oxygen atoms in total. The molecule has 160 valence electrons. The molecule has 1 aromatic carbocycles. The number of hydrogen-bond acceptors (Lipinski definition) is 3. The van der Waals surface area contributed by atoms with Gasteiger partial charge in [0.2, 0.25) is 5.91 Å². The quantitative estimate of drug-likeness (QED) is 0.366. The van der Waals surface area contributed by atoms with Crippen LogP contribution in [0, 0.1) is 11.8 Å². The van der Waals surface area contributed by atoms with Crippen molar-refractivity contribution in [1.29, 1.82) is 0 Å². The van der Waals surface area contributed by atoms with Crippen molar-refractivity contribution in [3.63, 3.8) is 0 Å². The van der Waals surface area contributed by atoms with Crippen molar-refractivity contribution in [2.75, 3.05) is 23.9 Å². The molecule has 3 rings (SSSR count). The van der Waals surface area contributed by atoms with Crippen molar-refractivity contribution in [3.8, 4) is 0 Å². The Hall–Kier alpha value is -1.75. The first-order valence-electron chi connectivity index (χ1n) is 10.7. The van der Waals surface area contributed by atoms with Crippen LogP contribution in [-0.4, -0.2) is 47.5 Å². The number of hydrogen-bond donors (Lipinski definition) is 0. The first kappa shape index (κ1) is 21.9. The summed E-state index contributed by atoms with van der Waals surface area (Å²) in [4.78, 5) is 29.1. The van der Waals surface area contributed by atoms with Crippen LogP contribution in [0.4, 0.5) is 10.5 Å². The van der Waals surface area contributed by atoms with Crippen LogP contribution in [0.3, 0.4) is 0 Å². The standard InChI is InChI=1S/C23H33ClN2O3/c1-23(2,3)29-22(28)25-15-12-17(13-16-25)20-19(11-7-8-14-24)21(27)26(20)18-9-5-4-6-10-18/h4-6,9-10,17,19-20H,7-8,11-16H2,1-3H3/t19-,20+/m1/s1. The van der Waals surface area contributed by atoms with E-state index < -0.39 is 5.60 Å². The second kappa shape index (κ2) is 9.38. The lowest BCUT2D eigenvalue weighted by Crippen LogP contribution is -2.65. The second-order valence-corrected chi connectivity index (χ2v) is 9.51. The van der Waals surface area contributed by atoms with Crippen LogP contribution >= 0.6 is 11.6 Å². The minimum absolute atomic E-state index is 0.0662. The van der Waals surface area contributed by atoms with E-state index in [0.29, 0.717) is 24.9 Å². The molecule has 0 unspecified atom stereocenters. The maximum Gasteiger partial charge on any atom is 0.410 e. The first-order valence-corrected chi connectivity index (χ1v) is 11.3. The lowest BCUT2D eigenvalue weighted by atomic mass is 9.72. The minimum Gasteiger partial charge on any atom is -0.444 e. The van der Waals surface area contributed by atoms with Crippen LogP contribution in [0.25, 0.3) is 0 Å². The summed E-state index contributed by atoms with van der Waals surface area (Å²) >= 11 is 5.84. The van der Waals surface area contributed by atoms with Crippen molar-refractivity contribution in [1.82, 2.24) is 4.90 Å². The molecule has 2 saturated heterocycles. The van der Waals surface area contributed by atoms with E-state index in [1.54, 1.807) is 4.90 Å². The van der Waals surface area contributed by atoms with E-state index in [4.69, 9.17) is 16.3 Å². The van der Waals surface area contributed by atoms with Gasteiger partial charge < -0.3 is 14.5 Å². The Balaban J connectivity index is 1.66. The highest BCUT2D eigenvalue weighted by molar-refractivity contribution is 6.17. The van der Waals surface area contributed by atoms with Gasteiger partial charge in [0.15, 0.2) is 0 Å². The third-order valence-electron chi connectivity index (χ3n) is 5.87. The molecule has 0 radical (unpaired) electrons. The van der Waals surface area contributed by atoms with E-state index in [-0.39, 0.29) is 24.0 Å². The molecule has 0 aromatic heterocycles. The van der Waals surface area contributed by atoms with Gasteiger partial charge in [-0.3, -0.25) is 4.79 Å². The van der Waals surface area contributed by atoms with Gasteiger partial charge in [-0.15, -0.1) is 11.6 Å². The van der Waals surface area contributed by atoms with Crippen molar-refractivity contribution in [2.24, 2.45) is 11.8 Å². The van der Waals surface area contributed by atoms with E-state index in [9.17, 15) is 9.59 Å². The van der Waals surface area contributed by atoms with Gasteiger partial charge in [-0.05, 0) is 64.5 Å². The molecule has 2 amide bonds. The van der Waals surface area contributed by atoms with E-state index >= 15 is 0 Å². The zero-order valence-electron chi connectivity index (χ0n) is 17.8. The van der Waals surface area contributed by atoms with E-state index in [1.807, 2.05) is 56.0 Å². The monoisotopic (exact) mass is 420 g/mol. The molecule has 0 saturated carbocycles. The Labute approximate surface area is 179 Å². The molecule has 2 heterocycles. The van der Waals surface area contributed by atoms with Gasteiger partial charge in [-0.25, -0.2) is 4.79 Å². The summed E-state index contributed by atoms with van der Waals surface area (Å²) in [5.74, 6) is 1.33. The van der Waals surface area contributed by atoms with Gasteiger partial charge in [0.1, 0.15) is 5.60 Å². The van der Waals surface area contributed by atoms with Crippen LogP contribution in [0.1, 0.15) is 52.9 Å². The maximum absolute atomic E-state index is 12.9. The molecule has 6 heteroatoms. The smallest absolute Gasteiger partial charge is 0.410 e. The number of nitrogens with zero attached hydrogens (tertiary/aromatic N) is 2. The van der Waals surface area contributed by atoms with Gasteiger partial charge in [-0.1, -0.05) is 24.6 Å². The molecule has 2 aliphatic heterocycles. The van der Waals surface area contributed by atoms with Crippen LogP contribution in [0.15, 0.2) is 30.3 Å². The number of amides is 2. The lowest BCUT2D eigenvalue weighted by Gasteiger charge is -2.52. The molecule has 0 N–H and O–H groups in total. The average molecular weight is 421 g/mol. The maximum atomic E-state index is 12.9. The Morgan fingerprint density at radius 1 is 1.14 bits per heavy atom. The molecule has 0 bridgehead atoms. The van der Waals surface area contributed by atoms with Gasteiger partial charge in [0.05, 0.1) is 12.0 Å². The van der Waals surface area contributed by atoms with Gasteiger partial charge in [0, 0.05) is 24.7 Å². The number of para-hydroxylation sites is 1. The van der Waals surface area contributed by atoms with Gasteiger partial charge >= 0.3 is 6.09 Å². The zero-order valence-corrected chi connectivity index (χ0v) is 18.5. The van der Waals surface area contributed by atoms with Crippen molar-refractivity contribution in [3.05, 3.63) is 30.3 Å². The topological polar surface area (TPSA) is 49.9 Å². The number of piperidine rings is 1. The number of unbranched alkanes of at least 4 members (excludes halogenated alkanes) is 1. The molecular formula is C23H33ClN2O3. The van der Waals surface area contributed by atoms with Crippen molar-refractivity contribution >= 4 is 29.3 Å². The highest BCUT2D eigenvalue weighted by Gasteiger charge is 2.51. The Morgan fingerprint density at radius 2 is 1.79 bits per heavy atom. The summed E-state index contributed by atoms with van der Waals surface area (Å²) in [5.41, 5.74) is 0.497. The predicted molar refractivity (Wildman–Crippen MR) is 116 cm³/mol. The Kier molecular flexibility index (Phi) is 7.10. The SMILES string of the molecule is CC(C)(C)OC(=O)N1CCC([C@H]2[C@@H](CCCCCl)C(=O)N2c2ccccc2)CC1. The van der Waals surface area contributed by atoms with Crippen molar-refractivity contribution < 1.29 is 14.3 Å². The van der Waals surface area contributed by atoms with E-state index in [1.165, 1.54) is 0 Å². The van der Waals surface area contributed by atoms with Crippen LogP contribution in [0.5, 0.6) is 0 Å². The fourth-order valence-corrected chi connectivity index (χ4v) is 4.69. The summed E-state index contributed by atoms with van der Waals surface area (Å²) in [7, 11) is 0. The highest BCUT2D eigenvalue weighted by atomic mass is 35.5. The van der Waals surface area contributed by atoms with Gasteiger partial charge in [-0.2, -0.15) is 0 Å². The number of ether oxygens (including phenoxy) is 1. The number of likely N-dealkylation sites (tertiary alicyclic amines) is 1. The summed E-state index contributed by atoms with van der Waals surface area (Å²) < 4.78 is 5.52. The van der Waals surface area contributed by atoms with E-state index in [0.717, 1.165) is 37.8 Å². The normalized spacial score (nSPS) is 23.1. The number of carbonyl (C=O) groups excluding carboxylic acids is 2. The van der Waals surface area contributed by atoms with Crippen molar-refractivity contribution in [2.45, 2.75) is 64.5 Å². The highest BCUT2D eigenvalue weighted by Crippen LogP contribution is 2.42. The molecule has 2 fully saturated rings. The number of alkyl halides is 1. The largest absolute Gasteiger partial charge is 0.444 e.